The van der Waals surface area contributed by atoms with E-state index in [9.17, 15) is 0 Å². The van der Waals surface area contributed by atoms with Crippen molar-refractivity contribution in [2.24, 2.45) is 5.41 Å². The molecule has 1 unspecified atom stereocenters. The van der Waals surface area contributed by atoms with Crippen LogP contribution < -0.4 is 0 Å². The van der Waals surface area contributed by atoms with Crippen LogP contribution in [-0.2, 0) is 6.54 Å². The van der Waals surface area contributed by atoms with Gasteiger partial charge in [-0.05, 0) is 37.3 Å². The van der Waals surface area contributed by atoms with Gasteiger partial charge in [-0.3, -0.25) is 0 Å². The van der Waals surface area contributed by atoms with Gasteiger partial charge in [0.25, 0.3) is 0 Å². The van der Waals surface area contributed by atoms with Crippen LogP contribution >= 0.6 is 11.6 Å². The molecule has 108 valence electrons. The first-order chi connectivity index (χ1) is 9.59. The van der Waals surface area contributed by atoms with E-state index < -0.39 is 0 Å². The highest BCUT2D eigenvalue weighted by molar-refractivity contribution is 6.20. The van der Waals surface area contributed by atoms with Gasteiger partial charge in [0.15, 0.2) is 5.65 Å². The lowest BCUT2D eigenvalue weighted by Crippen LogP contribution is -2.27. The van der Waals surface area contributed by atoms with E-state index in [0.717, 1.165) is 23.5 Å². The molecule has 1 aliphatic rings. The minimum absolute atomic E-state index is 0.0867. The molecule has 0 saturated heterocycles. The van der Waals surface area contributed by atoms with Crippen LogP contribution in [0.1, 0.15) is 57.2 Å². The molecule has 0 aliphatic heterocycles. The standard InChI is InChI=1S/C16H22ClN3/c1-12(17)14-19-13-7-6-10-18-15(13)20(14)11-16(2)8-4-3-5-9-16/h6-7,10,12H,3-5,8-9,11H2,1-2H3. The van der Waals surface area contributed by atoms with Crippen molar-refractivity contribution >= 4 is 22.8 Å². The van der Waals surface area contributed by atoms with Crippen molar-refractivity contribution in [2.75, 3.05) is 0 Å². The van der Waals surface area contributed by atoms with E-state index >= 15 is 0 Å². The molecule has 0 bridgehead atoms. The Kier molecular flexibility index (Phi) is 3.72. The second-order valence-corrected chi connectivity index (χ2v) is 7.04. The van der Waals surface area contributed by atoms with Crippen LogP contribution in [0.2, 0.25) is 0 Å². The maximum atomic E-state index is 6.33. The summed E-state index contributed by atoms with van der Waals surface area (Å²) < 4.78 is 2.25. The Morgan fingerprint density at radius 2 is 2.10 bits per heavy atom. The maximum absolute atomic E-state index is 6.33. The third-order valence-electron chi connectivity index (χ3n) is 4.49. The Labute approximate surface area is 125 Å². The van der Waals surface area contributed by atoms with Gasteiger partial charge in [0.2, 0.25) is 0 Å². The monoisotopic (exact) mass is 291 g/mol. The second kappa shape index (κ2) is 5.36. The molecular formula is C16H22ClN3. The van der Waals surface area contributed by atoms with Gasteiger partial charge in [0.05, 0.1) is 5.38 Å². The number of halogens is 1. The van der Waals surface area contributed by atoms with Gasteiger partial charge < -0.3 is 4.57 Å². The summed E-state index contributed by atoms with van der Waals surface area (Å²) in [6.07, 6.45) is 8.46. The lowest BCUT2D eigenvalue weighted by molar-refractivity contribution is 0.183. The van der Waals surface area contributed by atoms with E-state index in [1.165, 1.54) is 32.1 Å². The summed E-state index contributed by atoms with van der Waals surface area (Å²) in [6.45, 7) is 5.36. The van der Waals surface area contributed by atoms with Crippen molar-refractivity contribution in [3.8, 4) is 0 Å². The molecule has 0 aromatic carbocycles. The van der Waals surface area contributed by atoms with Crippen LogP contribution in [0.5, 0.6) is 0 Å². The normalized spacial score (nSPS) is 20.1. The van der Waals surface area contributed by atoms with E-state index in [-0.39, 0.29) is 5.38 Å². The van der Waals surface area contributed by atoms with Crippen LogP contribution in [0.3, 0.4) is 0 Å². The molecule has 2 aromatic heterocycles. The van der Waals surface area contributed by atoms with E-state index in [0.29, 0.717) is 5.41 Å². The van der Waals surface area contributed by atoms with Crippen molar-refractivity contribution in [3.05, 3.63) is 24.2 Å². The highest BCUT2D eigenvalue weighted by atomic mass is 35.5. The zero-order valence-corrected chi connectivity index (χ0v) is 13.0. The Balaban J connectivity index is 2.02. The quantitative estimate of drug-likeness (QED) is 0.767. The average molecular weight is 292 g/mol. The molecule has 0 radical (unpaired) electrons. The first kappa shape index (κ1) is 13.9. The second-order valence-electron chi connectivity index (χ2n) is 6.39. The van der Waals surface area contributed by atoms with Gasteiger partial charge in [-0.25, -0.2) is 9.97 Å². The fourth-order valence-electron chi connectivity index (χ4n) is 3.38. The van der Waals surface area contributed by atoms with Crippen molar-refractivity contribution in [1.82, 2.24) is 14.5 Å². The molecule has 1 aliphatic carbocycles. The summed E-state index contributed by atoms with van der Waals surface area (Å²) in [4.78, 5) is 9.20. The summed E-state index contributed by atoms with van der Waals surface area (Å²) in [5.74, 6) is 0.951. The van der Waals surface area contributed by atoms with Gasteiger partial charge in [-0.15, -0.1) is 11.6 Å². The summed E-state index contributed by atoms with van der Waals surface area (Å²) in [7, 11) is 0. The topological polar surface area (TPSA) is 30.7 Å². The van der Waals surface area contributed by atoms with Crippen LogP contribution in [0, 0.1) is 5.41 Å². The van der Waals surface area contributed by atoms with Crippen molar-refractivity contribution in [2.45, 2.75) is 57.9 Å². The summed E-state index contributed by atoms with van der Waals surface area (Å²) in [5.41, 5.74) is 2.28. The maximum Gasteiger partial charge on any atom is 0.160 e. The third kappa shape index (κ3) is 2.56. The fraction of sp³-hybridized carbons (Fsp3) is 0.625. The number of hydrogen-bond donors (Lipinski definition) is 0. The van der Waals surface area contributed by atoms with E-state index in [1.54, 1.807) is 0 Å². The van der Waals surface area contributed by atoms with Gasteiger partial charge in [0, 0.05) is 12.7 Å². The highest BCUT2D eigenvalue weighted by Gasteiger charge is 2.29. The molecule has 1 saturated carbocycles. The highest BCUT2D eigenvalue weighted by Crippen LogP contribution is 2.38. The SMILES string of the molecule is CC(Cl)c1nc2cccnc2n1CC1(C)CCCCC1. The minimum Gasteiger partial charge on any atom is -0.311 e. The molecule has 0 spiro atoms. The molecule has 1 atom stereocenters. The molecular weight excluding hydrogens is 270 g/mol. The third-order valence-corrected chi connectivity index (χ3v) is 4.68. The number of alkyl halides is 1. The van der Waals surface area contributed by atoms with Crippen molar-refractivity contribution in [1.29, 1.82) is 0 Å². The first-order valence-electron chi connectivity index (χ1n) is 7.54. The molecule has 0 N–H and O–H groups in total. The van der Waals surface area contributed by atoms with Crippen molar-refractivity contribution in [3.63, 3.8) is 0 Å². The number of imidazole rings is 1. The molecule has 2 heterocycles. The molecule has 1 fully saturated rings. The van der Waals surface area contributed by atoms with Crippen molar-refractivity contribution < 1.29 is 0 Å². The largest absolute Gasteiger partial charge is 0.311 e. The number of hydrogen-bond acceptors (Lipinski definition) is 2. The number of aromatic nitrogens is 3. The van der Waals surface area contributed by atoms with Gasteiger partial charge in [-0.2, -0.15) is 0 Å². The van der Waals surface area contributed by atoms with Crippen LogP contribution in [-0.4, -0.2) is 14.5 Å². The lowest BCUT2D eigenvalue weighted by atomic mass is 9.75. The van der Waals surface area contributed by atoms with Gasteiger partial charge >= 0.3 is 0 Å². The minimum atomic E-state index is -0.0867. The van der Waals surface area contributed by atoms with Crippen LogP contribution in [0.25, 0.3) is 11.2 Å². The summed E-state index contributed by atoms with van der Waals surface area (Å²) in [6, 6.07) is 3.95. The van der Waals surface area contributed by atoms with E-state index in [4.69, 9.17) is 11.6 Å². The molecule has 3 nitrogen and oxygen atoms in total. The van der Waals surface area contributed by atoms with E-state index in [1.807, 2.05) is 25.3 Å². The number of pyridine rings is 1. The zero-order valence-electron chi connectivity index (χ0n) is 12.3. The lowest BCUT2D eigenvalue weighted by Gasteiger charge is -2.34. The average Bonchev–Trinajstić information content (AvgIpc) is 2.78. The molecule has 0 amide bonds. The van der Waals surface area contributed by atoms with E-state index in [2.05, 4.69) is 21.5 Å². The molecule has 4 heteroatoms. The smallest absolute Gasteiger partial charge is 0.160 e. The molecule has 2 aromatic rings. The predicted octanol–water partition coefficient (Wildman–Crippen LogP) is 4.70. The van der Waals surface area contributed by atoms with Crippen LogP contribution in [0.15, 0.2) is 18.3 Å². The number of nitrogens with zero attached hydrogens (tertiary/aromatic N) is 3. The zero-order chi connectivity index (χ0) is 14.2. The summed E-state index contributed by atoms with van der Waals surface area (Å²) >= 11 is 6.33. The van der Waals surface area contributed by atoms with Gasteiger partial charge in [-0.1, -0.05) is 26.2 Å². The Morgan fingerprint density at radius 1 is 1.35 bits per heavy atom. The number of rotatable bonds is 3. The first-order valence-corrected chi connectivity index (χ1v) is 7.98. The molecule has 3 rings (SSSR count). The van der Waals surface area contributed by atoms with Crippen LogP contribution in [0.4, 0.5) is 0 Å². The Hall–Kier alpha value is -1.09. The predicted molar refractivity (Wildman–Crippen MR) is 83.0 cm³/mol. The van der Waals surface area contributed by atoms with Gasteiger partial charge in [0.1, 0.15) is 11.3 Å². The number of fused-ring (bicyclic) bond motifs is 1. The fourth-order valence-corrected chi connectivity index (χ4v) is 3.55. The summed E-state index contributed by atoms with van der Waals surface area (Å²) in [5, 5.41) is -0.0867. The Morgan fingerprint density at radius 3 is 2.80 bits per heavy atom. The Bertz CT molecular complexity index is 597. The molecule has 20 heavy (non-hydrogen) atoms.